The summed E-state index contributed by atoms with van der Waals surface area (Å²) in [5, 5.41) is 0. The third-order valence-corrected chi connectivity index (χ3v) is 2.86. The zero-order valence-electron chi connectivity index (χ0n) is 8.11. The number of hydrogen-bond donors (Lipinski definition) is 1. The minimum Gasteiger partial charge on any atom is -0.320 e. The predicted molar refractivity (Wildman–Crippen MR) is 49.7 cm³/mol. The van der Waals surface area contributed by atoms with Gasteiger partial charge < -0.3 is 5.73 Å². The predicted octanol–water partition coefficient (Wildman–Crippen LogP) is 3.01. The smallest absolute Gasteiger partial charge is 0.320 e. The fourth-order valence-corrected chi connectivity index (χ4v) is 1.90. The highest BCUT2D eigenvalue weighted by Gasteiger charge is 2.41. The average Bonchev–Trinajstić information content (AvgIpc) is 2.27. The van der Waals surface area contributed by atoms with Crippen molar-refractivity contribution in [3.63, 3.8) is 0 Å². The van der Waals surface area contributed by atoms with Gasteiger partial charge >= 0.3 is 6.18 Å². The lowest BCUT2D eigenvalue weighted by Crippen LogP contribution is -2.43. The maximum Gasteiger partial charge on any atom is 0.403 e. The van der Waals surface area contributed by atoms with Gasteiger partial charge in [0.2, 0.25) is 0 Å². The average molecular weight is 207 g/mol. The van der Waals surface area contributed by atoms with Crippen LogP contribution in [0.4, 0.5) is 13.2 Å². The molecule has 14 heavy (non-hydrogen) atoms. The van der Waals surface area contributed by atoms with E-state index in [0.717, 1.165) is 18.4 Å². The lowest BCUT2D eigenvalue weighted by atomic mass is 9.92. The van der Waals surface area contributed by atoms with Crippen molar-refractivity contribution in [2.45, 2.75) is 44.3 Å². The molecule has 0 amide bonds. The molecule has 0 aromatic carbocycles. The molecule has 1 nitrogen and oxygen atoms in total. The van der Waals surface area contributed by atoms with E-state index < -0.39 is 18.1 Å². The summed E-state index contributed by atoms with van der Waals surface area (Å²) in [6, 6.07) is -1.66. The molecule has 1 aliphatic rings. The molecule has 2 atom stereocenters. The van der Waals surface area contributed by atoms with Gasteiger partial charge in [0.25, 0.3) is 0 Å². The summed E-state index contributed by atoms with van der Waals surface area (Å²) in [5.41, 5.74) is 6.24. The molecule has 0 bridgehead atoms. The summed E-state index contributed by atoms with van der Waals surface area (Å²) in [6.45, 7) is 3.81. The first kappa shape index (κ1) is 11.6. The molecular formula is C10H16F3N. The largest absolute Gasteiger partial charge is 0.403 e. The quantitative estimate of drug-likeness (QED) is 0.519. The van der Waals surface area contributed by atoms with Crippen molar-refractivity contribution in [1.82, 2.24) is 0 Å². The number of hydrogen-bond acceptors (Lipinski definition) is 1. The monoisotopic (exact) mass is 207 g/mol. The van der Waals surface area contributed by atoms with Crippen LogP contribution in [0.2, 0.25) is 0 Å². The Hall–Kier alpha value is -0.510. The van der Waals surface area contributed by atoms with Gasteiger partial charge in [0, 0.05) is 0 Å². The normalized spacial score (nSPS) is 27.1. The first-order valence-electron chi connectivity index (χ1n) is 4.90. The van der Waals surface area contributed by atoms with E-state index in [-0.39, 0.29) is 0 Å². The molecule has 2 N–H and O–H groups in total. The van der Waals surface area contributed by atoms with E-state index in [2.05, 4.69) is 6.58 Å². The van der Waals surface area contributed by atoms with Crippen LogP contribution in [0.25, 0.3) is 0 Å². The number of nitrogens with two attached hydrogens (primary N) is 1. The van der Waals surface area contributed by atoms with Crippen LogP contribution >= 0.6 is 0 Å². The summed E-state index contributed by atoms with van der Waals surface area (Å²) in [5.74, 6) is -0.422. The minimum atomic E-state index is -4.25. The molecule has 1 rings (SSSR count). The van der Waals surface area contributed by atoms with Gasteiger partial charge in [-0.05, 0) is 38.0 Å². The van der Waals surface area contributed by atoms with E-state index in [4.69, 9.17) is 5.73 Å². The molecule has 1 saturated carbocycles. The lowest BCUT2D eigenvalue weighted by molar-refractivity contribution is -0.159. The van der Waals surface area contributed by atoms with Gasteiger partial charge in [-0.2, -0.15) is 13.2 Å². The molecular weight excluding hydrogens is 191 g/mol. The van der Waals surface area contributed by atoms with Gasteiger partial charge in [0.15, 0.2) is 0 Å². The zero-order chi connectivity index (χ0) is 10.8. The summed E-state index contributed by atoms with van der Waals surface area (Å²) >= 11 is 0. The first-order chi connectivity index (χ1) is 6.41. The number of alkyl halides is 3. The van der Waals surface area contributed by atoms with E-state index in [1.807, 2.05) is 0 Å². The van der Waals surface area contributed by atoms with Crippen LogP contribution in [-0.4, -0.2) is 12.2 Å². The minimum absolute atomic E-state index is 0.422. The van der Waals surface area contributed by atoms with Crippen LogP contribution in [0, 0.1) is 5.92 Å². The van der Waals surface area contributed by atoms with Crippen LogP contribution < -0.4 is 5.73 Å². The van der Waals surface area contributed by atoms with Crippen molar-refractivity contribution in [2.75, 3.05) is 0 Å². The van der Waals surface area contributed by atoms with Gasteiger partial charge in [-0.25, -0.2) is 0 Å². The Morgan fingerprint density at radius 3 is 2.50 bits per heavy atom. The van der Waals surface area contributed by atoms with Crippen LogP contribution in [0.1, 0.15) is 32.1 Å². The third-order valence-electron chi connectivity index (χ3n) is 2.86. The van der Waals surface area contributed by atoms with Gasteiger partial charge in [-0.1, -0.05) is 12.2 Å². The Bertz CT molecular complexity index is 210. The van der Waals surface area contributed by atoms with E-state index in [0.29, 0.717) is 19.3 Å². The summed E-state index contributed by atoms with van der Waals surface area (Å²) in [4.78, 5) is 0. The Kier molecular flexibility index (Phi) is 3.59. The van der Waals surface area contributed by atoms with Gasteiger partial charge in [0.05, 0.1) is 0 Å². The molecule has 0 aliphatic heterocycles. The van der Waals surface area contributed by atoms with E-state index in [9.17, 15) is 13.2 Å². The van der Waals surface area contributed by atoms with Crippen molar-refractivity contribution < 1.29 is 13.2 Å². The topological polar surface area (TPSA) is 26.0 Å². The second kappa shape index (κ2) is 4.34. The molecule has 1 aliphatic carbocycles. The van der Waals surface area contributed by atoms with Crippen LogP contribution in [0.3, 0.4) is 0 Å². The highest BCUT2D eigenvalue weighted by atomic mass is 19.4. The molecule has 0 spiro atoms. The summed E-state index contributed by atoms with van der Waals surface area (Å²) < 4.78 is 36.9. The van der Waals surface area contributed by atoms with E-state index >= 15 is 0 Å². The van der Waals surface area contributed by atoms with Crippen LogP contribution in [0.5, 0.6) is 0 Å². The number of allylic oxidation sites excluding steroid dienone is 1. The van der Waals surface area contributed by atoms with Crippen LogP contribution in [0.15, 0.2) is 12.2 Å². The molecule has 0 aromatic rings. The summed E-state index contributed by atoms with van der Waals surface area (Å²) in [6.07, 6.45) is -0.835. The maximum atomic E-state index is 12.3. The first-order valence-corrected chi connectivity index (χ1v) is 4.90. The molecule has 0 saturated heterocycles. The van der Waals surface area contributed by atoms with Crippen molar-refractivity contribution in [3.05, 3.63) is 12.2 Å². The maximum absolute atomic E-state index is 12.3. The molecule has 0 radical (unpaired) electrons. The van der Waals surface area contributed by atoms with E-state index in [1.165, 1.54) is 0 Å². The Balaban J connectivity index is 2.55. The standard InChI is InChI=1S/C10H16F3N/c1-7-3-2-4-8(6-5-7)9(14)10(11,12)13/h8-9H,1-6,14H2. The summed E-state index contributed by atoms with van der Waals surface area (Å²) in [7, 11) is 0. The van der Waals surface area contributed by atoms with Crippen molar-refractivity contribution in [3.8, 4) is 0 Å². The van der Waals surface area contributed by atoms with Crippen molar-refractivity contribution in [1.29, 1.82) is 0 Å². The van der Waals surface area contributed by atoms with Crippen molar-refractivity contribution in [2.24, 2.45) is 11.7 Å². The number of halogens is 3. The third kappa shape index (κ3) is 3.01. The highest BCUT2D eigenvalue weighted by molar-refractivity contribution is 4.98. The SMILES string of the molecule is C=C1CCCC(C(N)C(F)(F)F)CC1. The molecule has 82 valence electrons. The molecule has 1 fully saturated rings. The molecule has 4 heteroatoms. The van der Waals surface area contributed by atoms with Crippen molar-refractivity contribution >= 4 is 0 Å². The highest BCUT2D eigenvalue weighted by Crippen LogP contribution is 2.33. The molecule has 0 heterocycles. The van der Waals surface area contributed by atoms with Gasteiger partial charge in [0.1, 0.15) is 6.04 Å². The fraction of sp³-hybridized carbons (Fsp3) is 0.800. The zero-order valence-corrected chi connectivity index (χ0v) is 8.11. The number of rotatable bonds is 1. The van der Waals surface area contributed by atoms with Gasteiger partial charge in [-0.3, -0.25) is 0 Å². The molecule has 0 aromatic heterocycles. The Morgan fingerprint density at radius 2 is 1.93 bits per heavy atom. The second-order valence-electron chi connectivity index (χ2n) is 4.01. The Morgan fingerprint density at radius 1 is 1.29 bits per heavy atom. The fourth-order valence-electron chi connectivity index (χ4n) is 1.90. The lowest BCUT2D eigenvalue weighted by Gasteiger charge is -2.24. The van der Waals surface area contributed by atoms with Gasteiger partial charge in [-0.15, -0.1) is 0 Å². The van der Waals surface area contributed by atoms with E-state index in [1.54, 1.807) is 0 Å². The molecule has 2 unspecified atom stereocenters. The Labute approximate surface area is 82.2 Å². The second-order valence-corrected chi connectivity index (χ2v) is 4.01. The van der Waals surface area contributed by atoms with Crippen LogP contribution in [-0.2, 0) is 0 Å².